The molecule has 0 aliphatic heterocycles. The summed E-state index contributed by atoms with van der Waals surface area (Å²) in [5.41, 5.74) is 2.12. The van der Waals surface area contributed by atoms with Gasteiger partial charge in [0.1, 0.15) is 0 Å². The summed E-state index contributed by atoms with van der Waals surface area (Å²) in [6, 6.07) is 2.01. The van der Waals surface area contributed by atoms with Crippen LogP contribution < -0.4 is 0 Å². The standard InChI is InChI=1S/C20H28O3/c1-14-18(22)11-17-16(5-4-8-19(17,2)13-21)20(14,3)9-6-15-7-10-23-12-15/h7,10-12,14,16,21H,4-6,8-9,13H2,1-3H3/t14-,16+,19+,20+/m0/s1. The van der Waals surface area contributed by atoms with Crippen LogP contribution in [0.1, 0.15) is 52.0 Å². The van der Waals surface area contributed by atoms with Crippen LogP contribution in [-0.2, 0) is 11.2 Å². The molecule has 0 bridgehead atoms. The van der Waals surface area contributed by atoms with E-state index in [1.165, 1.54) is 11.1 Å². The van der Waals surface area contributed by atoms with E-state index in [1.807, 2.05) is 12.1 Å². The number of carbonyl (C=O) groups is 1. The fourth-order valence-electron chi connectivity index (χ4n) is 4.69. The summed E-state index contributed by atoms with van der Waals surface area (Å²) in [7, 11) is 0. The summed E-state index contributed by atoms with van der Waals surface area (Å²) in [6.45, 7) is 6.60. The van der Waals surface area contributed by atoms with Crippen molar-refractivity contribution in [3.05, 3.63) is 35.8 Å². The molecular formula is C20H28O3. The van der Waals surface area contributed by atoms with Gasteiger partial charge in [-0.15, -0.1) is 0 Å². The number of carbonyl (C=O) groups excluding carboxylic acids is 1. The maximum absolute atomic E-state index is 12.7. The van der Waals surface area contributed by atoms with Gasteiger partial charge in [0, 0.05) is 11.3 Å². The Labute approximate surface area is 138 Å². The molecule has 0 aromatic carbocycles. The number of rotatable bonds is 4. The molecule has 1 aromatic heterocycles. The second-order valence-corrected chi connectivity index (χ2v) is 8.02. The van der Waals surface area contributed by atoms with E-state index in [9.17, 15) is 9.90 Å². The molecule has 0 unspecified atom stereocenters. The van der Waals surface area contributed by atoms with Gasteiger partial charge >= 0.3 is 0 Å². The topological polar surface area (TPSA) is 50.4 Å². The van der Waals surface area contributed by atoms with Crippen LogP contribution in [0.25, 0.3) is 0 Å². The van der Waals surface area contributed by atoms with Gasteiger partial charge in [-0.3, -0.25) is 4.79 Å². The highest BCUT2D eigenvalue weighted by Crippen LogP contribution is 2.57. The van der Waals surface area contributed by atoms with Crippen LogP contribution in [0.15, 0.2) is 34.7 Å². The Morgan fingerprint density at radius 3 is 2.83 bits per heavy atom. The minimum absolute atomic E-state index is 0.0317. The third kappa shape index (κ3) is 2.69. The van der Waals surface area contributed by atoms with Gasteiger partial charge in [-0.05, 0) is 54.7 Å². The zero-order chi connectivity index (χ0) is 16.7. The van der Waals surface area contributed by atoms with Crippen LogP contribution in [0.3, 0.4) is 0 Å². The summed E-state index contributed by atoms with van der Waals surface area (Å²) in [4.78, 5) is 12.7. The average Bonchev–Trinajstić information content (AvgIpc) is 3.06. The van der Waals surface area contributed by atoms with Gasteiger partial charge in [-0.1, -0.05) is 32.8 Å². The highest BCUT2D eigenvalue weighted by molar-refractivity contribution is 5.94. The monoisotopic (exact) mass is 316 g/mol. The highest BCUT2D eigenvalue weighted by atomic mass is 16.3. The van der Waals surface area contributed by atoms with Crippen LogP contribution in [0.5, 0.6) is 0 Å². The van der Waals surface area contributed by atoms with Crippen molar-refractivity contribution in [3.8, 4) is 0 Å². The van der Waals surface area contributed by atoms with E-state index in [4.69, 9.17) is 4.42 Å². The van der Waals surface area contributed by atoms with E-state index in [1.54, 1.807) is 12.5 Å². The molecule has 23 heavy (non-hydrogen) atoms. The molecule has 1 aromatic rings. The summed E-state index contributed by atoms with van der Waals surface area (Å²) in [5.74, 6) is 0.657. The summed E-state index contributed by atoms with van der Waals surface area (Å²) in [5, 5.41) is 9.93. The molecule has 2 aliphatic rings. The Bertz CT molecular complexity index is 600. The number of furan rings is 1. The quantitative estimate of drug-likeness (QED) is 0.907. The average molecular weight is 316 g/mol. The maximum atomic E-state index is 12.7. The molecule has 1 heterocycles. The Kier molecular flexibility index (Phi) is 4.26. The predicted octanol–water partition coefficient (Wildman–Crippen LogP) is 4.16. The van der Waals surface area contributed by atoms with Gasteiger partial charge in [0.05, 0.1) is 19.1 Å². The third-order valence-corrected chi connectivity index (χ3v) is 6.68. The van der Waals surface area contributed by atoms with Crippen LogP contribution in [0.2, 0.25) is 0 Å². The molecule has 0 saturated heterocycles. The fraction of sp³-hybridized carbons (Fsp3) is 0.650. The van der Waals surface area contributed by atoms with Crippen molar-refractivity contribution in [2.75, 3.05) is 6.61 Å². The third-order valence-electron chi connectivity index (χ3n) is 6.68. The molecule has 3 rings (SSSR count). The van der Waals surface area contributed by atoms with Crippen LogP contribution in [0, 0.1) is 22.7 Å². The zero-order valence-corrected chi connectivity index (χ0v) is 14.5. The Balaban J connectivity index is 1.92. The van der Waals surface area contributed by atoms with E-state index >= 15 is 0 Å². The summed E-state index contributed by atoms with van der Waals surface area (Å²) < 4.78 is 5.18. The Hall–Kier alpha value is -1.35. The normalized spacial score (nSPS) is 37.4. The molecule has 0 radical (unpaired) electrons. The van der Waals surface area contributed by atoms with Gasteiger partial charge in [-0.25, -0.2) is 0 Å². The van der Waals surface area contributed by atoms with Crippen molar-refractivity contribution in [2.45, 2.75) is 52.9 Å². The minimum Gasteiger partial charge on any atom is -0.472 e. The van der Waals surface area contributed by atoms with E-state index in [0.29, 0.717) is 5.92 Å². The van der Waals surface area contributed by atoms with E-state index in [0.717, 1.165) is 32.1 Å². The lowest BCUT2D eigenvalue weighted by Gasteiger charge is -2.53. The molecule has 126 valence electrons. The van der Waals surface area contributed by atoms with E-state index < -0.39 is 0 Å². The molecule has 1 N–H and O–H groups in total. The number of aliphatic hydroxyl groups excluding tert-OH is 1. The molecule has 3 heteroatoms. The lowest BCUT2D eigenvalue weighted by atomic mass is 9.51. The molecule has 0 spiro atoms. The van der Waals surface area contributed by atoms with Gasteiger partial charge in [0.25, 0.3) is 0 Å². The number of allylic oxidation sites excluding steroid dienone is 1. The Morgan fingerprint density at radius 2 is 2.17 bits per heavy atom. The molecule has 0 amide bonds. The molecule has 1 fully saturated rings. The van der Waals surface area contributed by atoms with Crippen LogP contribution >= 0.6 is 0 Å². The fourth-order valence-corrected chi connectivity index (χ4v) is 4.69. The number of aryl methyl sites for hydroxylation is 1. The van der Waals surface area contributed by atoms with Crippen molar-refractivity contribution in [2.24, 2.45) is 22.7 Å². The SMILES string of the molecule is C[C@H]1C(=O)C=C2[C@@H](CCC[C@]2(C)CO)[C@]1(C)CCc1ccoc1. The number of ketones is 1. The second kappa shape index (κ2) is 5.94. The van der Waals surface area contributed by atoms with E-state index in [2.05, 4.69) is 20.8 Å². The molecular weight excluding hydrogens is 288 g/mol. The first-order chi connectivity index (χ1) is 10.9. The number of hydrogen-bond acceptors (Lipinski definition) is 3. The second-order valence-electron chi connectivity index (χ2n) is 8.02. The largest absolute Gasteiger partial charge is 0.472 e. The van der Waals surface area contributed by atoms with E-state index in [-0.39, 0.29) is 29.1 Å². The zero-order valence-electron chi connectivity index (χ0n) is 14.5. The maximum Gasteiger partial charge on any atom is 0.159 e. The van der Waals surface area contributed by atoms with Gasteiger partial charge < -0.3 is 9.52 Å². The summed E-state index contributed by atoms with van der Waals surface area (Å²) in [6.07, 6.45) is 10.5. The summed E-state index contributed by atoms with van der Waals surface area (Å²) >= 11 is 0. The molecule has 4 atom stereocenters. The lowest BCUT2D eigenvalue weighted by Crippen LogP contribution is -2.48. The molecule has 3 nitrogen and oxygen atoms in total. The van der Waals surface area contributed by atoms with Crippen molar-refractivity contribution in [1.82, 2.24) is 0 Å². The van der Waals surface area contributed by atoms with Gasteiger partial charge in [-0.2, -0.15) is 0 Å². The van der Waals surface area contributed by atoms with Crippen molar-refractivity contribution in [1.29, 1.82) is 0 Å². The molecule has 1 saturated carbocycles. The van der Waals surface area contributed by atoms with Crippen LogP contribution in [-0.4, -0.2) is 17.5 Å². The van der Waals surface area contributed by atoms with Gasteiger partial charge in [0.15, 0.2) is 5.78 Å². The first-order valence-corrected chi connectivity index (χ1v) is 8.78. The van der Waals surface area contributed by atoms with Crippen molar-refractivity contribution in [3.63, 3.8) is 0 Å². The van der Waals surface area contributed by atoms with Gasteiger partial charge in [0.2, 0.25) is 0 Å². The first-order valence-electron chi connectivity index (χ1n) is 8.78. The van der Waals surface area contributed by atoms with Crippen molar-refractivity contribution >= 4 is 5.78 Å². The number of hydrogen-bond donors (Lipinski definition) is 1. The Morgan fingerprint density at radius 1 is 1.39 bits per heavy atom. The first kappa shape index (κ1) is 16.5. The predicted molar refractivity (Wildman–Crippen MR) is 89.9 cm³/mol. The smallest absolute Gasteiger partial charge is 0.159 e. The van der Waals surface area contributed by atoms with Crippen molar-refractivity contribution < 1.29 is 14.3 Å². The molecule has 2 aliphatic carbocycles. The minimum atomic E-state index is -0.227. The highest BCUT2D eigenvalue weighted by Gasteiger charge is 2.51. The number of aliphatic hydroxyl groups is 1. The number of fused-ring (bicyclic) bond motifs is 1. The lowest BCUT2D eigenvalue weighted by molar-refractivity contribution is -0.125. The van der Waals surface area contributed by atoms with Crippen LogP contribution in [0.4, 0.5) is 0 Å².